The minimum absolute atomic E-state index is 0.0163. The van der Waals surface area contributed by atoms with Gasteiger partial charge in [0.25, 0.3) is 5.91 Å². The van der Waals surface area contributed by atoms with E-state index < -0.39 is 15.7 Å². The van der Waals surface area contributed by atoms with Crippen LogP contribution in [0, 0.1) is 0 Å². The maximum absolute atomic E-state index is 12.0. The lowest BCUT2D eigenvalue weighted by Gasteiger charge is -2.25. The molecule has 2 saturated heterocycles. The molecular formula is C14H14Cl2N2O4S2. The summed E-state index contributed by atoms with van der Waals surface area (Å²) in [5.74, 6) is -0.0986. The van der Waals surface area contributed by atoms with E-state index in [1.807, 2.05) is 0 Å². The first-order valence-corrected chi connectivity index (χ1v) is 10.6. The predicted octanol–water partition coefficient (Wildman–Crippen LogP) is 2.19. The number of methoxy groups -OCH3 is 1. The molecule has 0 aliphatic carbocycles. The Balaban J connectivity index is 2.03. The first kappa shape index (κ1) is 17.8. The number of rotatable bonds is 3. The van der Waals surface area contributed by atoms with E-state index in [2.05, 4.69) is 4.99 Å². The largest absolute Gasteiger partial charge is 0.495 e. The van der Waals surface area contributed by atoms with E-state index in [0.717, 1.165) is 0 Å². The first-order chi connectivity index (χ1) is 11.3. The zero-order chi connectivity index (χ0) is 17.5. The molecule has 2 aliphatic heterocycles. The van der Waals surface area contributed by atoms with Gasteiger partial charge >= 0.3 is 0 Å². The van der Waals surface area contributed by atoms with Crippen LogP contribution in [0.25, 0.3) is 0 Å². The van der Waals surface area contributed by atoms with Crippen LogP contribution >= 0.6 is 35.0 Å². The highest BCUT2D eigenvalue weighted by molar-refractivity contribution is 8.16. The molecule has 0 spiro atoms. The van der Waals surface area contributed by atoms with Crippen LogP contribution in [-0.2, 0) is 14.6 Å². The second-order valence-electron chi connectivity index (χ2n) is 5.41. The summed E-state index contributed by atoms with van der Waals surface area (Å²) in [6, 6.07) is 4.85. The molecule has 6 nitrogen and oxygen atoms in total. The van der Waals surface area contributed by atoms with Crippen molar-refractivity contribution in [1.29, 1.82) is 0 Å². The summed E-state index contributed by atoms with van der Waals surface area (Å²) in [5.41, 5.74) is 0.666. The van der Waals surface area contributed by atoms with Gasteiger partial charge in [-0.2, -0.15) is 4.99 Å². The summed E-state index contributed by atoms with van der Waals surface area (Å²) in [5, 5.41) is 0.678. The molecule has 24 heavy (non-hydrogen) atoms. The van der Waals surface area contributed by atoms with Gasteiger partial charge in [0.1, 0.15) is 11.6 Å². The second-order valence-corrected chi connectivity index (χ2v) is 9.45. The monoisotopic (exact) mass is 408 g/mol. The molecule has 0 bridgehead atoms. The number of carbonyl (C=O) groups is 1. The van der Waals surface area contributed by atoms with Crippen molar-refractivity contribution in [2.24, 2.45) is 4.99 Å². The molecule has 10 heteroatoms. The van der Waals surface area contributed by atoms with Gasteiger partial charge in [-0.25, -0.2) is 8.42 Å². The van der Waals surface area contributed by atoms with Crippen LogP contribution in [0.5, 0.6) is 5.75 Å². The summed E-state index contributed by atoms with van der Waals surface area (Å²) in [4.78, 5) is 17.4. The number of hydrogen-bond donors (Lipinski definition) is 0. The average Bonchev–Trinajstić information content (AvgIpc) is 2.97. The topological polar surface area (TPSA) is 76.0 Å². The number of anilines is 1. The quantitative estimate of drug-likeness (QED) is 0.713. The number of nitrogens with zero attached hydrogens (tertiary/aromatic N) is 2. The third kappa shape index (κ3) is 3.37. The van der Waals surface area contributed by atoms with Crippen molar-refractivity contribution < 1.29 is 17.9 Å². The van der Waals surface area contributed by atoms with Gasteiger partial charge < -0.3 is 9.64 Å². The second kappa shape index (κ2) is 6.74. The molecule has 0 saturated carbocycles. The normalized spacial score (nSPS) is 26.6. The SMILES string of the molecule is COc1ccc(N2C(=NC(=O)CCl)S[C@@H]3CS(=O)(=O)C[C@@H]32)cc1Cl. The Bertz CT molecular complexity index is 813. The van der Waals surface area contributed by atoms with Crippen LogP contribution in [0.15, 0.2) is 23.2 Å². The van der Waals surface area contributed by atoms with Crippen molar-refractivity contribution in [2.75, 3.05) is 29.4 Å². The Labute approximate surface area is 154 Å². The van der Waals surface area contributed by atoms with Gasteiger partial charge in [0.15, 0.2) is 15.0 Å². The number of benzene rings is 1. The van der Waals surface area contributed by atoms with Crippen LogP contribution < -0.4 is 9.64 Å². The highest BCUT2D eigenvalue weighted by Gasteiger charge is 2.49. The van der Waals surface area contributed by atoms with Crippen molar-refractivity contribution in [3.05, 3.63) is 23.2 Å². The Hall–Kier alpha value is -0.960. The van der Waals surface area contributed by atoms with Crippen LogP contribution in [0.3, 0.4) is 0 Å². The van der Waals surface area contributed by atoms with Gasteiger partial charge in [0.05, 0.1) is 29.7 Å². The minimum atomic E-state index is -3.11. The molecule has 1 aromatic rings. The van der Waals surface area contributed by atoms with Gasteiger partial charge in [-0.15, -0.1) is 11.6 Å². The average molecular weight is 409 g/mol. The lowest BCUT2D eigenvalue weighted by atomic mass is 10.2. The van der Waals surface area contributed by atoms with Crippen molar-refractivity contribution in [3.8, 4) is 5.75 Å². The number of fused-ring (bicyclic) bond motifs is 1. The number of ether oxygens (including phenoxy) is 1. The molecule has 0 unspecified atom stereocenters. The lowest BCUT2D eigenvalue weighted by molar-refractivity contribution is -0.115. The zero-order valence-electron chi connectivity index (χ0n) is 12.6. The fourth-order valence-corrected chi connectivity index (χ4v) is 7.05. The van der Waals surface area contributed by atoms with Crippen molar-refractivity contribution in [2.45, 2.75) is 11.3 Å². The van der Waals surface area contributed by atoms with Crippen molar-refractivity contribution >= 4 is 61.6 Å². The smallest absolute Gasteiger partial charge is 0.262 e. The number of aliphatic imine (C=N–C) groups is 1. The first-order valence-electron chi connectivity index (χ1n) is 7.02. The number of halogens is 2. The Morgan fingerprint density at radius 2 is 2.21 bits per heavy atom. The van der Waals surface area contributed by atoms with Gasteiger partial charge in [-0.1, -0.05) is 23.4 Å². The van der Waals surface area contributed by atoms with Crippen molar-refractivity contribution in [3.63, 3.8) is 0 Å². The van der Waals surface area contributed by atoms with Crippen LogP contribution in [-0.4, -0.2) is 55.3 Å². The molecule has 0 radical (unpaired) electrons. The van der Waals surface area contributed by atoms with E-state index in [4.69, 9.17) is 27.9 Å². The fourth-order valence-electron chi connectivity index (χ4n) is 2.81. The summed E-state index contributed by atoms with van der Waals surface area (Å²) in [7, 11) is -1.60. The van der Waals surface area contributed by atoms with Crippen LogP contribution in [0.1, 0.15) is 0 Å². The fraction of sp³-hybridized carbons (Fsp3) is 0.429. The lowest BCUT2D eigenvalue weighted by Crippen LogP contribution is -2.37. The number of alkyl halides is 1. The Morgan fingerprint density at radius 3 is 2.83 bits per heavy atom. The summed E-state index contributed by atoms with van der Waals surface area (Å²) in [6.45, 7) is 0. The number of thioether (sulfide) groups is 1. The maximum Gasteiger partial charge on any atom is 0.262 e. The number of carbonyl (C=O) groups excluding carboxylic acids is 1. The zero-order valence-corrected chi connectivity index (χ0v) is 15.8. The van der Waals surface area contributed by atoms with Gasteiger partial charge in [0.2, 0.25) is 0 Å². The molecule has 3 rings (SSSR count). The highest BCUT2D eigenvalue weighted by Crippen LogP contribution is 2.42. The van der Waals surface area contributed by atoms with Crippen LogP contribution in [0.2, 0.25) is 5.02 Å². The van der Waals surface area contributed by atoms with E-state index in [9.17, 15) is 13.2 Å². The number of sulfone groups is 1. The molecule has 2 fully saturated rings. The van der Waals surface area contributed by atoms with Gasteiger partial charge in [0, 0.05) is 10.9 Å². The summed E-state index contributed by atoms with van der Waals surface area (Å²) in [6.07, 6.45) is 0. The molecule has 2 heterocycles. The Kier molecular flexibility index (Phi) is 5.01. The maximum atomic E-state index is 12.0. The van der Waals surface area contributed by atoms with E-state index in [-0.39, 0.29) is 28.7 Å². The molecule has 1 amide bonds. The minimum Gasteiger partial charge on any atom is -0.495 e. The predicted molar refractivity (Wildman–Crippen MR) is 97.5 cm³/mol. The van der Waals surface area contributed by atoms with E-state index in [1.54, 1.807) is 23.1 Å². The van der Waals surface area contributed by atoms with E-state index >= 15 is 0 Å². The third-order valence-electron chi connectivity index (χ3n) is 3.81. The van der Waals surface area contributed by atoms with E-state index in [0.29, 0.717) is 21.6 Å². The van der Waals surface area contributed by atoms with E-state index in [1.165, 1.54) is 18.9 Å². The number of amides is 1. The van der Waals surface area contributed by atoms with Gasteiger partial charge in [-0.05, 0) is 18.2 Å². The molecule has 1 aromatic carbocycles. The number of hydrogen-bond acceptors (Lipinski definition) is 5. The van der Waals surface area contributed by atoms with Crippen molar-refractivity contribution in [1.82, 2.24) is 0 Å². The molecule has 0 N–H and O–H groups in total. The molecule has 130 valence electrons. The molecule has 0 aromatic heterocycles. The van der Waals surface area contributed by atoms with Crippen LogP contribution in [0.4, 0.5) is 5.69 Å². The molecule has 2 atom stereocenters. The molecule has 2 aliphatic rings. The van der Waals surface area contributed by atoms with Gasteiger partial charge in [-0.3, -0.25) is 4.79 Å². The highest BCUT2D eigenvalue weighted by atomic mass is 35.5. The molecular weight excluding hydrogens is 395 g/mol. The number of amidine groups is 1. The Morgan fingerprint density at radius 1 is 1.46 bits per heavy atom. The third-order valence-corrected chi connectivity index (χ3v) is 7.55. The summed E-state index contributed by atoms with van der Waals surface area (Å²) < 4.78 is 29.1. The summed E-state index contributed by atoms with van der Waals surface area (Å²) >= 11 is 13.0. The standard InChI is InChI=1S/C14H14Cl2N2O4S2/c1-22-11-3-2-8(4-9(11)16)18-10-6-24(20,21)7-12(10)23-14(18)17-13(19)5-15/h2-4,10,12H,5-7H2,1H3/t10-,12+/m0/s1.